The number of benzene rings is 2. The van der Waals surface area contributed by atoms with Crippen molar-refractivity contribution in [2.45, 2.75) is 50.6 Å². The van der Waals surface area contributed by atoms with Gasteiger partial charge in [0.1, 0.15) is 11.6 Å². The van der Waals surface area contributed by atoms with Crippen LogP contribution in [0.2, 0.25) is 0 Å². The molecule has 2 atom stereocenters. The Morgan fingerprint density at radius 3 is 2.74 bits per heavy atom. The Balaban J connectivity index is 1.22. The number of aromatic amines is 1. The number of anilines is 1. The lowest BCUT2D eigenvalue weighted by Gasteiger charge is -2.16. The topological polar surface area (TPSA) is 117 Å². The first-order chi connectivity index (χ1) is 23.0. The molecule has 6 aromatic rings. The summed E-state index contributed by atoms with van der Waals surface area (Å²) >= 11 is 1.56. The van der Waals surface area contributed by atoms with Crippen molar-refractivity contribution in [1.29, 1.82) is 0 Å². The molecular weight excluding hydrogens is 616 g/mol. The Bertz CT molecular complexity index is 2260. The number of pyridine rings is 2. The first-order valence-corrected chi connectivity index (χ1v) is 16.7. The zero-order chi connectivity index (χ0) is 31.6. The number of amides is 1. The predicted octanol–water partition coefficient (Wildman–Crippen LogP) is 7.02. The van der Waals surface area contributed by atoms with Crippen molar-refractivity contribution in [1.82, 2.24) is 25.1 Å². The molecule has 0 radical (unpaired) electrons. The second-order valence-corrected chi connectivity index (χ2v) is 13.4. The van der Waals surface area contributed by atoms with Gasteiger partial charge >= 0.3 is 5.76 Å². The molecule has 6 heterocycles. The third-order valence-electron chi connectivity index (χ3n) is 9.68. The first-order valence-electron chi connectivity index (χ1n) is 15.9. The highest BCUT2D eigenvalue weighted by Gasteiger charge is 2.45. The predicted molar refractivity (Wildman–Crippen MR) is 177 cm³/mol. The lowest BCUT2D eigenvalue weighted by Crippen LogP contribution is -2.22. The van der Waals surface area contributed by atoms with Gasteiger partial charge in [0.05, 0.1) is 39.3 Å². The molecule has 2 aliphatic heterocycles. The molecule has 9 rings (SSSR count). The summed E-state index contributed by atoms with van der Waals surface area (Å²) in [5, 5.41) is 11.3. The van der Waals surface area contributed by atoms with Crippen LogP contribution in [0.15, 0.2) is 76.1 Å². The van der Waals surface area contributed by atoms with Gasteiger partial charge < -0.3 is 14.6 Å². The van der Waals surface area contributed by atoms with E-state index in [2.05, 4.69) is 45.8 Å². The van der Waals surface area contributed by atoms with Crippen molar-refractivity contribution in [3.63, 3.8) is 0 Å². The maximum Gasteiger partial charge on any atom is 0.434 e. The van der Waals surface area contributed by atoms with Gasteiger partial charge in [-0.2, -0.15) is 0 Å². The highest BCUT2D eigenvalue weighted by Crippen LogP contribution is 2.50. The van der Waals surface area contributed by atoms with E-state index < -0.39 is 5.76 Å². The lowest BCUT2D eigenvalue weighted by atomic mass is 9.93. The van der Waals surface area contributed by atoms with E-state index in [1.807, 2.05) is 17.2 Å². The average Bonchev–Trinajstić information content (AvgIpc) is 3.92. The Kier molecular flexibility index (Phi) is 6.56. The number of aromatic nitrogens is 4. The third kappa shape index (κ3) is 4.67. The average molecular weight is 645 g/mol. The Morgan fingerprint density at radius 1 is 1.02 bits per heavy atom. The standard InChI is InChI=1S/C36H29FN6O3S/c37-22-11-7-19(8-12-22)9-13-25-28(34-41-42-36(45)46-34)29(30-31(39-25)26-6-3-17-43(26)35(30)44)27-18-21-15-16-38-33(32(21)47-27)40-24-14-10-20-4-1-2-5-23(20)24/h1-2,4-5,7-8,11-12,15-16,18,24,26H,3,6,9-10,13-14,17H2,(H,38,40)(H,42,45)/t24-,26-/m1/s1. The molecule has 0 spiro atoms. The van der Waals surface area contributed by atoms with Crippen molar-refractivity contribution in [2.24, 2.45) is 0 Å². The molecule has 1 fully saturated rings. The number of rotatable bonds is 7. The van der Waals surface area contributed by atoms with Crippen LogP contribution in [0, 0.1) is 5.82 Å². The molecule has 4 aromatic heterocycles. The monoisotopic (exact) mass is 644 g/mol. The van der Waals surface area contributed by atoms with Crippen LogP contribution in [0.1, 0.15) is 69.8 Å². The lowest BCUT2D eigenvalue weighted by molar-refractivity contribution is 0.0776. The van der Waals surface area contributed by atoms with Crippen LogP contribution in [0.3, 0.4) is 0 Å². The third-order valence-corrected chi connectivity index (χ3v) is 10.9. The fourth-order valence-electron chi connectivity index (χ4n) is 7.52. The number of nitrogens with one attached hydrogen (secondary N) is 2. The normalized spacial score (nSPS) is 18.1. The van der Waals surface area contributed by atoms with Gasteiger partial charge in [-0.25, -0.2) is 19.3 Å². The maximum atomic E-state index is 14.1. The van der Waals surface area contributed by atoms with Crippen molar-refractivity contribution < 1.29 is 13.6 Å². The van der Waals surface area contributed by atoms with E-state index in [-0.39, 0.29) is 29.7 Å². The maximum absolute atomic E-state index is 14.1. The molecule has 0 unspecified atom stereocenters. The number of carbonyl (C=O) groups is 1. The van der Waals surface area contributed by atoms with Crippen molar-refractivity contribution in [3.8, 4) is 21.9 Å². The second-order valence-electron chi connectivity index (χ2n) is 12.4. The number of H-pyrrole nitrogens is 1. The van der Waals surface area contributed by atoms with Gasteiger partial charge in [0.15, 0.2) is 0 Å². The summed E-state index contributed by atoms with van der Waals surface area (Å²) in [7, 11) is 0. The Labute approximate surface area is 272 Å². The van der Waals surface area contributed by atoms with Crippen LogP contribution in [0.25, 0.3) is 32.0 Å². The molecule has 0 saturated carbocycles. The van der Waals surface area contributed by atoms with Gasteiger partial charge in [0.25, 0.3) is 11.8 Å². The summed E-state index contributed by atoms with van der Waals surface area (Å²) in [5.41, 5.74) is 6.78. The van der Waals surface area contributed by atoms with Crippen LogP contribution >= 0.6 is 11.3 Å². The van der Waals surface area contributed by atoms with Crippen LogP contribution in [0.4, 0.5) is 10.2 Å². The minimum atomic E-state index is -0.688. The minimum Gasteiger partial charge on any atom is -0.388 e. The molecule has 3 aliphatic rings. The van der Waals surface area contributed by atoms with Crippen LogP contribution in [0.5, 0.6) is 0 Å². The number of hydrogen-bond acceptors (Lipinski definition) is 8. The Morgan fingerprint density at radius 2 is 1.89 bits per heavy atom. The molecule has 2 aromatic carbocycles. The summed E-state index contributed by atoms with van der Waals surface area (Å²) in [6.07, 6.45) is 6.61. The largest absolute Gasteiger partial charge is 0.434 e. The second kappa shape index (κ2) is 11.0. The van der Waals surface area contributed by atoms with E-state index >= 15 is 0 Å². The summed E-state index contributed by atoms with van der Waals surface area (Å²) in [4.78, 5) is 39.1. The van der Waals surface area contributed by atoms with Crippen molar-refractivity contribution in [2.75, 3.05) is 11.9 Å². The summed E-state index contributed by atoms with van der Waals surface area (Å²) in [6.45, 7) is 0.671. The van der Waals surface area contributed by atoms with E-state index in [0.29, 0.717) is 41.8 Å². The smallest absolute Gasteiger partial charge is 0.388 e. The number of thiophene rings is 1. The number of halogens is 1. The Hall–Kier alpha value is -5.16. The molecule has 0 bridgehead atoms. The molecule has 47 heavy (non-hydrogen) atoms. The van der Waals surface area contributed by atoms with E-state index in [1.165, 1.54) is 23.3 Å². The minimum absolute atomic E-state index is 0.0642. The van der Waals surface area contributed by atoms with E-state index in [1.54, 1.807) is 23.5 Å². The molecule has 9 nitrogen and oxygen atoms in total. The molecule has 11 heteroatoms. The molecule has 1 amide bonds. The van der Waals surface area contributed by atoms with Gasteiger partial charge in [-0.15, -0.1) is 16.4 Å². The van der Waals surface area contributed by atoms with Crippen LogP contribution in [-0.4, -0.2) is 37.5 Å². The number of carbonyl (C=O) groups excluding carboxylic acids is 1. The molecule has 1 aliphatic carbocycles. The summed E-state index contributed by atoms with van der Waals surface area (Å²) < 4.78 is 20.2. The summed E-state index contributed by atoms with van der Waals surface area (Å²) in [5.74, 6) is -0.165. The van der Waals surface area contributed by atoms with Gasteiger partial charge in [0, 0.05) is 23.2 Å². The van der Waals surface area contributed by atoms with E-state index in [4.69, 9.17) is 14.4 Å². The zero-order valence-electron chi connectivity index (χ0n) is 25.3. The highest BCUT2D eigenvalue weighted by atomic mass is 32.1. The molecule has 2 N–H and O–H groups in total. The quantitative estimate of drug-likeness (QED) is 0.192. The number of nitrogens with zero attached hydrogens (tertiary/aromatic N) is 4. The van der Waals surface area contributed by atoms with Gasteiger partial charge in [-0.1, -0.05) is 36.4 Å². The van der Waals surface area contributed by atoms with Crippen LogP contribution < -0.4 is 11.1 Å². The van der Waals surface area contributed by atoms with Gasteiger partial charge in [-0.3, -0.25) is 9.78 Å². The fourth-order valence-corrected chi connectivity index (χ4v) is 8.69. The highest BCUT2D eigenvalue weighted by molar-refractivity contribution is 7.23. The number of aryl methyl sites for hydroxylation is 3. The van der Waals surface area contributed by atoms with Crippen LogP contribution in [-0.2, 0) is 19.3 Å². The SMILES string of the molecule is O=C1c2c(nc(CCc3ccc(F)cc3)c(-c3n[nH]c(=O)o3)c2-c2cc3ccnc(N[C@@H]4CCc5ccccc54)c3s2)[C@H]2CCCN12. The molecule has 1 saturated heterocycles. The van der Waals surface area contributed by atoms with Gasteiger partial charge in [0.2, 0.25) is 0 Å². The van der Waals surface area contributed by atoms with Crippen molar-refractivity contribution >= 4 is 33.1 Å². The fraction of sp³-hybridized carbons (Fsp3) is 0.250. The molecular formula is C36H29FN6O3S. The van der Waals surface area contributed by atoms with E-state index in [0.717, 1.165) is 57.7 Å². The number of fused-ring (bicyclic) bond motifs is 5. The first kappa shape index (κ1) is 28.1. The summed E-state index contributed by atoms with van der Waals surface area (Å²) in [6, 6.07) is 19.0. The zero-order valence-corrected chi connectivity index (χ0v) is 26.1. The molecule has 234 valence electrons. The van der Waals surface area contributed by atoms with Gasteiger partial charge in [-0.05, 0) is 84.9 Å². The number of hydrogen-bond donors (Lipinski definition) is 2. The van der Waals surface area contributed by atoms with E-state index in [9.17, 15) is 14.0 Å². The van der Waals surface area contributed by atoms with Crippen molar-refractivity contribution in [3.05, 3.63) is 117 Å².